The molecule has 1 fully saturated rings. The summed E-state index contributed by atoms with van der Waals surface area (Å²) >= 11 is 0. The van der Waals surface area contributed by atoms with Crippen LogP contribution in [-0.4, -0.2) is 46.1 Å². The van der Waals surface area contributed by atoms with Crippen LogP contribution < -0.4 is 5.73 Å². The SMILES string of the molecule is Nc1cccc2c1C(=O)N(CCCCCC(=O)ON1C(=O)CCC1=O)C2=O. The number of fused-ring (bicyclic) bond motifs is 1. The minimum Gasteiger partial charge on any atom is -0.398 e. The number of rotatable bonds is 7. The summed E-state index contributed by atoms with van der Waals surface area (Å²) in [6.45, 7) is 0.226. The van der Waals surface area contributed by atoms with Crippen LogP contribution in [0.25, 0.3) is 0 Å². The Morgan fingerprint density at radius 2 is 1.70 bits per heavy atom. The molecule has 9 heteroatoms. The largest absolute Gasteiger partial charge is 0.398 e. The summed E-state index contributed by atoms with van der Waals surface area (Å²) in [4.78, 5) is 65.0. The van der Waals surface area contributed by atoms with Gasteiger partial charge in [-0.2, -0.15) is 0 Å². The van der Waals surface area contributed by atoms with Gasteiger partial charge in [0.15, 0.2) is 0 Å². The molecule has 1 aromatic rings. The molecule has 2 heterocycles. The Labute approximate surface area is 155 Å². The molecule has 0 aliphatic carbocycles. The summed E-state index contributed by atoms with van der Waals surface area (Å²) in [6.07, 6.45) is 1.67. The third kappa shape index (κ3) is 3.67. The standard InChI is InChI=1S/C18H19N3O6/c19-12-6-4-5-11-16(12)18(26)20(17(11)25)10-3-1-2-7-15(24)27-21-13(22)8-9-14(21)23/h4-6H,1-3,7-10,19H2. The molecule has 0 bridgehead atoms. The van der Waals surface area contributed by atoms with E-state index < -0.39 is 23.7 Å². The molecular weight excluding hydrogens is 354 g/mol. The van der Waals surface area contributed by atoms with E-state index in [0.29, 0.717) is 29.9 Å². The number of hydroxylamine groups is 2. The van der Waals surface area contributed by atoms with Crippen LogP contribution in [0.1, 0.15) is 59.2 Å². The second-order valence-electron chi connectivity index (χ2n) is 6.39. The van der Waals surface area contributed by atoms with Crippen molar-refractivity contribution in [3.05, 3.63) is 29.3 Å². The van der Waals surface area contributed by atoms with Crippen molar-refractivity contribution in [2.45, 2.75) is 38.5 Å². The zero-order valence-electron chi connectivity index (χ0n) is 14.6. The fraction of sp³-hybridized carbons (Fsp3) is 0.389. The fourth-order valence-corrected chi connectivity index (χ4v) is 3.08. The number of anilines is 1. The highest BCUT2D eigenvalue weighted by Crippen LogP contribution is 2.27. The second-order valence-corrected chi connectivity index (χ2v) is 6.39. The Kier molecular flexibility index (Phi) is 5.20. The summed E-state index contributed by atoms with van der Waals surface area (Å²) < 4.78 is 0. The van der Waals surface area contributed by atoms with E-state index in [-0.39, 0.29) is 43.0 Å². The molecule has 4 amide bonds. The molecule has 0 radical (unpaired) electrons. The highest BCUT2D eigenvalue weighted by molar-refractivity contribution is 6.23. The first kappa shape index (κ1) is 18.6. The number of nitrogens with two attached hydrogens (primary N) is 1. The first-order valence-electron chi connectivity index (χ1n) is 8.71. The predicted octanol–water partition coefficient (Wildman–Crippen LogP) is 1.03. The average Bonchev–Trinajstić information content (AvgIpc) is 3.07. The van der Waals surface area contributed by atoms with Gasteiger partial charge in [0.1, 0.15) is 0 Å². The van der Waals surface area contributed by atoms with E-state index in [9.17, 15) is 24.0 Å². The lowest BCUT2D eigenvalue weighted by Crippen LogP contribution is -2.32. The van der Waals surface area contributed by atoms with Gasteiger partial charge in [0.25, 0.3) is 23.6 Å². The van der Waals surface area contributed by atoms with E-state index in [2.05, 4.69) is 0 Å². The van der Waals surface area contributed by atoms with Gasteiger partial charge in [-0.05, 0) is 25.0 Å². The van der Waals surface area contributed by atoms with Gasteiger partial charge in [-0.25, -0.2) is 4.79 Å². The van der Waals surface area contributed by atoms with E-state index in [1.54, 1.807) is 18.2 Å². The lowest BCUT2D eigenvalue weighted by atomic mass is 10.1. The third-order valence-electron chi connectivity index (χ3n) is 4.49. The van der Waals surface area contributed by atoms with E-state index in [4.69, 9.17) is 10.6 Å². The van der Waals surface area contributed by atoms with Crippen molar-refractivity contribution in [3.63, 3.8) is 0 Å². The number of carbonyl (C=O) groups excluding carboxylic acids is 5. The van der Waals surface area contributed by atoms with Crippen molar-refractivity contribution in [1.29, 1.82) is 0 Å². The van der Waals surface area contributed by atoms with Crippen LogP contribution >= 0.6 is 0 Å². The Hall–Kier alpha value is -3.23. The number of amides is 4. The number of nitrogens with zero attached hydrogens (tertiary/aromatic N) is 2. The Bertz CT molecular complexity index is 818. The number of carbonyl (C=O) groups is 5. The highest BCUT2D eigenvalue weighted by atomic mass is 16.7. The molecule has 0 unspecified atom stereocenters. The summed E-state index contributed by atoms with van der Waals surface area (Å²) in [5, 5.41) is 0.519. The molecule has 2 N–H and O–H groups in total. The van der Waals surface area contributed by atoms with Crippen LogP contribution in [0, 0.1) is 0 Å². The molecule has 0 spiro atoms. The maximum atomic E-state index is 12.3. The highest BCUT2D eigenvalue weighted by Gasteiger charge is 2.36. The van der Waals surface area contributed by atoms with Gasteiger partial charge in [0.05, 0.1) is 11.1 Å². The number of imide groups is 2. The summed E-state index contributed by atoms with van der Waals surface area (Å²) in [7, 11) is 0. The average molecular weight is 373 g/mol. The van der Waals surface area contributed by atoms with Crippen LogP contribution in [-0.2, 0) is 19.2 Å². The summed E-state index contributed by atoms with van der Waals surface area (Å²) in [6, 6.07) is 4.78. The molecule has 27 heavy (non-hydrogen) atoms. The first-order chi connectivity index (χ1) is 12.9. The van der Waals surface area contributed by atoms with E-state index >= 15 is 0 Å². The number of hydrogen-bond donors (Lipinski definition) is 1. The molecule has 0 aromatic heterocycles. The van der Waals surface area contributed by atoms with E-state index in [1.807, 2.05) is 0 Å². The van der Waals surface area contributed by atoms with Crippen LogP contribution in [0.5, 0.6) is 0 Å². The molecule has 1 aromatic carbocycles. The Morgan fingerprint density at radius 3 is 2.37 bits per heavy atom. The van der Waals surface area contributed by atoms with Gasteiger partial charge >= 0.3 is 5.97 Å². The summed E-state index contributed by atoms with van der Waals surface area (Å²) in [5.74, 6) is -2.46. The maximum Gasteiger partial charge on any atom is 0.333 e. The zero-order chi connectivity index (χ0) is 19.6. The first-order valence-corrected chi connectivity index (χ1v) is 8.71. The van der Waals surface area contributed by atoms with Gasteiger partial charge in [0.2, 0.25) is 0 Å². The lowest BCUT2D eigenvalue weighted by molar-refractivity contribution is -0.197. The van der Waals surface area contributed by atoms with Crippen LogP contribution in [0.4, 0.5) is 5.69 Å². The molecule has 0 atom stereocenters. The van der Waals surface area contributed by atoms with Crippen molar-refractivity contribution in [3.8, 4) is 0 Å². The normalized spacial score (nSPS) is 16.3. The smallest absolute Gasteiger partial charge is 0.333 e. The van der Waals surface area contributed by atoms with Crippen molar-refractivity contribution in [1.82, 2.24) is 9.96 Å². The van der Waals surface area contributed by atoms with Crippen LogP contribution in [0.2, 0.25) is 0 Å². The van der Waals surface area contributed by atoms with Gasteiger partial charge in [-0.3, -0.25) is 24.1 Å². The third-order valence-corrected chi connectivity index (χ3v) is 4.49. The monoisotopic (exact) mass is 373 g/mol. The van der Waals surface area contributed by atoms with Crippen molar-refractivity contribution >= 4 is 35.3 Å². The van der Waals surface area contributed by atoms with Gasteiger partial charge in [-0.1, -0.05) is 12.5 Å². The minimum absolute atomic E-state index is 0.0339. The number of unbranched alkanes of at least 4 members (excludes halogenated alkanes) is 2. The van der Waals surface area contributed by atoms with Crippen molar-refractivity contribution in [2.24, 2.45) is 0 Å². The lowest BCUT2D eigenvalue weighted by Gasteiger charge is -2.14. The molecule has 2 aliphatic rings. The Balaban J connectivity index is 1.41. The number of benzene rings is 1. The summed E-state index contributed by atoms with van der Waals surface area (Å²) in [5.41, 5.74) is 6.61. The predicted molar refractivity (Wildman–Crippen MR) is 91.9 cm³/mol. The van der Waals surface area contributed by atoms with E-state index in [1.165, 1.54) is 0 Å². The molecule has 0 saturated carbocycles. The molecular formula is C18H19N3O6. The Morgan fingerprint density at radius 1 is 1.00 bits per heavy atom. The van der Waals surface area contributed by atoms with Gasteiger partial charge in [-0.15, -0.1) is 5.06 Å². The molecule has 1 saturated heterocycles. The maximum absolute atomic E-state index is 12.3. The van der Waals surface area contributed by atoms with Crippen LogP contribution in [0.15, 0.2) is 18.2 Å². The number of hydrogen-bond acceptors (Lipinski definition) is 7. The fourth-order valence-electron chi connectivity index (χ4n) is 3.08. The van der Waals surface area contributed by atoms with Crippen molar-refractivity contribution in [2.75, 3.05) is 12.3 Å². The molecule has 2 aliphatic heterocycles. The van der Waals surface area contributed by atoms with Crippen molar-refractivity contribution < 1.29 is 28.8 Å². The molecule has 9 nitrogen and oxygen atoms in total. The molecule has 142 valence electrons. The van der Waals surface area contributed by atoms with Gasteiger partial charge in [0, 0.05) is 31.5 Å². The minimum atomic E-state index is -0.660. The second kappa shape index (κ2) is 7.56. The quantitative estimate of drug-likeness (QED) is 0.429. The number of nitrogen functional groups attached to an aromatic ring is 1. The topological polar surface area (TPSA) is 127 Å². The molecule has 3 rings (SSSR count). The van der Waals surface area contributed by atoms with Gasteiger partial charge < -0.3 is 10.6 Å². The zero-order valence-corrected chi connectivity index (χ0v) is 14.6. The van der Waals surface area contributed by atoms with Crippen LogP contribution in [0.3, 0.4) is 0 Å². The van der Waals surface area contributed by atoms with E-state index in [0.717, 1.165) is 4.90 Å².